The standard InChI is InChI=1S/C30H43N5O8S/c1-18(20-6-8-21(9-7-20)25-19(2)32-17-44-25)33-27(38)23-14-22(36)15-35(23)28(39)26(30(3,4)5)34-24(37)16-42-11-10-41-12-13-43-29(31)40/h6-9,17-18,22-23,26,36H,10-16H2,1-5H3,(H2,31,40)(H,33,38)(H,34,37)/t18-,22+,23-,26?/m0/s1. The third-order valence-electron chi connectivity index (χ3n) is 7.14. The molecule has 13 nitrogen and oxygen atoms in total. The fourth-order valence-corrected chi connectivity index (χ4v) is 5.62. The van der Waals surface area contributed by atoms with Crippen molar-refractivity contribution in [2.45, 2.75) is 65.3 Å². The second-order valence-electron chi connectivity index (χ2n) is 11.7. The summed E-state index contributed by atoms with van der Waals surface area (Å²) in [5, 5.41) is 16.2. The first-order chi connectivity index (χ1) is 20.8. The molecule has 44 heavy (non-hydrogen) atoms. The van der Waals surface area contributed by atoms with Crippen molar-refractivity contribution in [3.63, 3.8) is 0 Å². The number of hydrogen-bond acceptors (Lipinski definition) is 10. The van der Waals surface area contributed by atoms with Gasteiger partial charge in [-0.05, 0) is 30.4 Å². The second-order valence-corrected chi connectivity index (χ2v) is 12.6. The Hall–Kier alpha value is -3.59. The summed E-state index contributed by atoms with van der Waals surface area (Å²) in [6, 6.07) is 5.66. The molecule has 1 saturated heterocycles. The number of β-amino-alcohol motifs (C(OH)–C–C–N with tert-alkyl or cyclic N) is 1. The van der Waals surface area contributed by atoms with Crippen LogP contribution in [0.25, 0.3) is 10.4 Å². The Morgan fingerprint density at radius 2 is 1.75 bits per heavy atom. The molecule has 2 aromatic rings. The molecule has 0 aliphatic carbocycles. The van der Waals surface area contributed by atoms with E-state index in [1.807, 2.05) is 38.1 Å². The second kappa shape index (κ2) is 15.9. The fraction of sp³-hybridized carbons (Fsp3) is 0.567. The van der Waals surface area contributed by atoms with Gasteiger partial charge >= 0.3 is 6.09 Å². The molecule has 1 aromatic carbocycles. The van der Waals surface area contributed by atoms with Crippen molar-refractivity contribution in [2.24, 2.45) is 11.1 Å². The van der Waals surface area contributed by atoms with Crippen LogP contribution in [0.15, 0.2) is 29.8 Å². The molecular weight excluding hydrogens is 590 g/mol. The van der Waals surface area contributed by atoms with Gasteiger partial charge in [0, 0.05) is 13.0 Å². The lowest BCUT2D eigenvalue weighted by Crippen LogP contribution is -2.58. The van der Waals surface area contributed by atoms with Crippen LogP contribution in [0.5, 0.6) is 0 Å². The fourth-order valence-electron chi connectivity index (χ4n) is 4.80. The van der Waals surface area contributed by atoms with Crippen LogP contribution in [0.2, 0.25) is 0 Å². The van der Waals surface area contributed by atoms with E-state index in [9.17, 15) is 24.3 Å². The summed E-state index contributed by atoms with van der Waals surface area (Å²) in [6.45, 7) is 9.30. The Labute approximate surface area is 261 Å². The Morgan fingerprint density at radius 1 is 1.09 bits per heavy atom. The number of benzene rings is 1. The molecule has 0 radical (unpaired) electrons. The highest BCUT2D eigenvalue weighted by atomic mass is 32.1. The van der Waals surface area contributed by atoms with Crippen LogP contribution in [0.4, 0.5) is 4.79 Å². The molecule has 1 aliphatic rings. The van der Waals surface area contributed by atoms with E-state index in [-0.39, 0.29) is 57.9 Å². The van der Waals surface area contributed by atoms with Crippen molar-refractivity contribution >= 4 is 35.2 Å². The normalized spacial score (nSPS) is 18.0. The van der Waals surface area contributed by atoms with Gasteiger partial charge in [-0.25, -0.2) is 9.78 Å². The topological polar surface area (TPSA) is 182 Å². The largest absolute Gasteiger partial charge is 0.447 e. The van der Waals surface area contributed by atoms with Crippen molar-refractivity contribution in [2.75, 3.05) is 39.6 Å². The first-order valence-electron chi connectivity index (χ1n) is 14.4. The Morgan fingerprint density at radius 3 is 2.36 bits per heavy atom. The minimum absolute atomic E-state index is 0.00916. The molecule has 3 rings (SSSR count). The Bertz CT molecular complexity index is 1280. The molecule has 1 unspecified atom stereocenters. The maximum Gasteiger partial charge on any atom is 0.404 e. The number of nitrogens with zero attached hydrogens (tertiary/aromatic N) is 2. The molecule has 1 aliphatic heterocycles. The zero-order valence-electron chi connectivity index (χ0n) is 25.8. The first kappa shape index (κ1) is 34.9. The van der Waals surface area contributed by atoms with Gasteiger partial charge in [-0.3, -0.25) is 14.4 Å². The number of aryl methyl sites for hydroxylation is 1. The number of ether oxygens (including phenoxy) is 3. The highest BCUT2D eigenvalue weighted by Gasteiger charge is 2.44. The Balaban J connectivity index is 1.57. The van der Waals surface area contributed by atoms with E-state index in [2.05, 4.69) is 20.4 Å². The lowest BCUT2D eigenvalue weighted by molar-refractivity contribution is -0.144. The third-order valence-corrected chi connectivity index (χ3v) is 8.11. The van der Waals surface area contributed by atoms with E-state index < -0.39 is 41.5 Å². The number of primary amides is 1. The average molecular weight is 634 g/mol. The van der Waals surface area contributed by atoms with Crippen LogP contribution in [0.1, 0.15) is 51.4 Å². The summed E-state index contributed by atoms with van der Waals surface area (Å²) in [4.78, 5) is 57.1. The molecule has 242 valence electrons. The number of carbonyl (C=O) groups is 4. The van der Waals surface area contributed by atoms with Crippen LogP contribution in [-0.2, 0) is 28.6 Å². The summed E-state index contributed by atoms with van der Waals surface area (Å²) in [6.07, 6.45) is -1.68. The molecule has 0 spiro atoms. The molecule has 5 N–H and O–H groups in total. The minimum atomic E-state index is -0.971. The van der Waals surface area contributed by atoms with Gasteiger partial charge in [0.1, 0.15) is 25.3 Å². The average Bonchev–Trinajstić information content (AvgIpc) is 3.57. The molecule has 14 heteroatoms. The molecule has 1 fully saturated rings. The number of hydrogen-bond donors (Lipinski definition) is 4. The zero-order chi connectivity index (χ0) is 32.4. The summed E-state index contributed by atoms with van der Waals surface area (Å²) < 4.78 is 15.1. The number of carbonyl (C=O) groups excluding carboxylic acids is 4. The van der Waals surface area contributed by atoms with Crippen LogP contribution in [-0.4, -0.2) is 96.6 Å². The number of thiazole rings is 1. The number of aromatic nitrogens is 1. The maximum absolute atomic E-state index is 13.8. The molecule has 4 amide bonds. The number of nitrogens with two attached hydrogens (primary N) is 1. The van der Waals surface area contributed by atoms with E-state index in [4.69, 9.17) is 15.2 Å². The third kappa shape index (κ3) is 9.97. The SMILES string of the molecule is Cc1ncsc1-c1ccc([C@H](C)NC(=O)[C@@H]2C[C@@H](O)CN2C(=O)C(NC(=O)COCCOCCOC(N)=O)C(C)(C)C)cc1. The van der Waals surface area contributed by atoms with Crippen LogP contribution >= 0.6 is 11.3 Å². The van der Waals surface area contributed by atoms with Gasteiger partial charge in [-0.2, -0.15) is 0 Å². The van der Waals surface area contributed by atoms with Gasteiger partial charge in [0.25, 0.3) is 0 Å². The zero-order valence-corrected chi connectivity index (χ0v) is 26.6. The molecule has 0 saturated carbocycles. The van der Waals surface area contributed by atoms with Gasteiger partial charge < -0.3 is 40.6 Å². The van der Waals surface area contributed by atoms with Gasteiger partial charge in [-0.15, -0.1) is 11.3 Å². The summed E-state index contributed by atoms with van der Waals surface area (Å²) in [7, 11) is 0. The van der Waals surface area contributed by atoms with Crippen LogP contribution in [0.3, 0.4) is 0 Å². The Kier molecular flexibility index (Phi) is 12.6. The van der Waals surface area contributed by atoms with Crippen molar-refractivity contribution in [1.82, 2.24) is 20.5 Å². The predicted octanol–water partition coefficient (Wildman–Crippen LogP) is 1.92. The number of rotatable bonds is 14. The smallest absolute Gasteiger partial charge is 0.404 e. The van der Waals surface area contributed by atoms with E-state index in [0.29, 0.717) is 0 Å². The molecule has 4 atom stereocenters. The van der Waals surface area contributed by atoms with E-state index in [0.717, 1.165) is 21.7 Å². The quantitative estimate of drug-likeness (QED) is 0.226. The van der Waals surface area contributed by atoms with Crippen LogP contribution in [0, 0.1) is 12.3 Å². The molecule has 0 bridgehead atoms. The number of amides is 4. The van der Waals surface area contributed by atoms with Crippen molar-refractivity contribution in [3.05, 3.63) is 41.0 Å². The lowest BCUT2D eigenvalue weighted by Gasteiger charge is -2.35. The molecule has 1 aromatic heterocycles. The monoisotopic (exact) mass is 633 g/mol. The number of aliphatic hydroxyl groups excluding tert-OH is 1. The van der Waals surface area contributed by atoms with Gasteiger partial charge in [0.15, 0.2) is 0 Å². The lowest BCUT2D eigenvalue weighted by atomic mass is 9.85. The van der Waals surface area contributed by atoms with E-state index >= 15 is 0 Å². The molecule has 2 heterocycles. The van der Waals surface area contributed by atoms with Gasteiger partial charge in [0.05, 0.1) is 48.0 Å². The van der Waals surface area contributed by atoms with Crippen LogP contribution < -0.4 is 16.4 Å². The summed E-state index contributed by atoms with van der Waals surface area (Å²) >= 11 is 1.57. The number of aliphatic hydroxyl groups is 1. The van der Waals surface area contributed by atoms with Crippen molar-refractivity contribution in [3.8, 4) is 10.4 Å². The van der Waals surface area contributed by atoms with E-state index in [1.165, 1.54) is 4.90 Å². The van der Waals surface area contributed by atoms with Gasteiger partial charge in [0.2, 0.25) is 17.7 Å². The minimum Gasteiger partial charge on any atom is -0.447 e. The molecular formula is C30H43N5O8S. The predicted molar refractivity (Wildman–Crippen MR) is 164 cm³/mol. The van der Waals surface area contributed by atoms with Gasteiger partial charge in [-0.1, -0.05) is 45.0 Å². The van der Waals surface area contributed by atoms with E-state index in [1.54, 1.807) is 37.6 Å². The number of nitrogens with one attached hydrogen (secondary N) is 2. The first-order valence-corrected chi connectivity index (χ1v) is 15.3. The van der Waals surface area contributed by atoms with Crippen molar-refractivity contribution < 1.29 is 38.5 Å². The maximum atomic E-state index is 13.8. The highest BCUT2D eigenvalue weighted by Crippen LogP contribution is 2.29. The summed E-state index contributed by atoms with van der Waals surface area (Å²) in [5.74, 6) is -1.35. The van der Waals surface area contributed by atoms with Crippen molar-refractivity contribution in [1.29, 1.82) is 0 Å². The highest BCUT2D eigenvalue weighted by molar-refractivity contribution is 7.13. The number of likely N-dealkylation sites (tertiary alicyclic amines) is 1. The summed E-state index contributed by atoms with van der Waals surface area (Å²) in [5.41, 5.74) is 8.87.